The normalized spacial score (nSPS) is 12.4. The van der Waals surface area contributed by atoms with Crippen LogP contribution in [-0.4, -0.2) is 23.4 Å². The van der Waals surface area contributed by atoms with Gasteiger partial charge in [0.05, 0.1) is 33.1 Å². The maximum Gasteiger partial charge on any atom is 0.266 e. The Kier molecular flexibility index (Phi) is 5.09. The Hall–Kier alpha value is -3.19. The summed E-state index contributed by atoms with van der Waals surface area (Å²) in [6.45, 7) is 8.12. The maximum absolute atomic E-state index is 13.2. The summed E-state index contributed by atoms with van der Waals surface area (Å²) in [4.78, 5) is 0.289. The van der Waals surface area contributed by atoms with Gasteiger partial charge in [0.1, 0.15) is 0 Å². The molecule has 0 bridgehead atoms. The molecule has 2 aromatic carbocycles. The molecule has 0 spiro atoms. The fourth-order valence-electron chi connectivity index (χ4n) is 3.70. The van der Waals surface area contributed by atoms with Crippen molar-refractivity contribution in [1.29, 1.82) is 0 Å². The molecule has 0 unspecified atom stereocenters. The molecular weight excluding hydrogens is 410 g/mol. The smallest absolute Gasteiger partial charge is 0.266 e. The number of fused-ring (bicyclic) bond motifs is 1. The van der Waals surface area contributed by atoms with Crippen LogP contribution >= 0.6 is 0 Å². The van der Waals surface area contributed by atoms with Crippen molar-refractivity contribution >= 4 is 20.7 Å². The highest BCUT2D eigenvalue weighted by atomic mass is 32.2. The first-order chi connectivity index (χ1) is 14.6. The molecular formula is C24H26N3O3S+. The summed E-state index contributed by atoms with van der Waals surface area (Å²) in [5.41, 5.74) is 3.65. The Morgan fingerprint density at radius 3 is 2.42 bits per heavy atom. The zero-order valence-corrected chi connectivity index (χ0v) is 18.9. The monoisotopic (exact) mass is 436 g/mol. The third-order valence-corrected chi connectivity index (χ3v) is 7.01. The Balaban J connectivity index is 1.76. The maximum atomic E-state index is 13.2. The Morgan fingerprint density at radius 2 is 1.74 bits per heavy atom. The summed E-state index contributed by atoms with van der Waals surface area (Å²) < 4.78 is 29.1. The van der Waals surface area contributed by atoms with Crippen LogP contribution in [0.25, 0.3) is 16.6 Å². The molecule has 0 radical (unpaired) electrons. The predicted molar refractivity (Wildman–Crippen MR) is 119 cm³/mol. The quantitative estimate of drug-likeness (QED) is 0.386. The zero-order chi connectivity index (χ0) is 22.4. The number of aromatic nitrogens is 3. The molecule has 0 aliphatic carbocycles. The van der Waals surface area contributed by atoms with Crippen molar-refractivity contribution in [2.24, 2.45) is 0 Å². The van der Waals surface area contributed by atoms with E-state index >= 15 is 0 Å². The van der Waals surface area contributed by atoms with Gasteiger partial charge in [-0.1, -0.05) is 39.0 Å². The largest absolute Gasteiger partial charge is 0.285 e. The van der Waals surface area contributed by atoms with Crippen molar-refractivity contribution in [3.05, 3.63) is 83.8 Å². The number of benzene rings is 2. The number of nitrogens with zero attached hydrogens (tertiary/aromatic N) is 3. The number of hydrogen-bond donors (Lipinski definition) is 1. The van der Waals surface area contributed by atoms with Gasteiger partial charge in [0, 0.05) is 16.9 Å². The highest BCUT2D eigenvalue weighted by Gasteiger charge is 2.22. The molecule has 0 saturated carbocycles. The minimum atomic E-state index is -3.57. The summed E-state index contributed by atoms with van der Waals surface area (Å²) in [6, 6.07) is 18.0. The van der Waals surface area contributed by atoms with Gasteiger partial charge < -0.3 is 0 Å². The second-order valence-electron chi connectivity index (χ2n) is 8.79. The first-order valence-electron chi connectivity index (χ1n) is 10.1. The molecule has 0 aliphatic rings. The van der Waals surface area contributed by atoms with Gasteiger partial charge in [0.25, 0.3) is 5.52 Å². The SMILES string of the molecule is Cc1cc(CS(=O)(=O)c2ccc(C(C)(C)C)cc2)n(-c2cccc3c2ccc[n+]3O)n1. The first-order valence-corrected chi connectivity index (χ1v) is 11.7. The summed E-state index contributed by atoms with van der Waals surface area (Å²) in [7, 11) is -3.57. The van der Waals surface area contributed by atoms with Gasteiger partial charge in [-0.15, -0.1) is 0 Å². The van der Waals surface area contributed by atoms with Crippen LogP contribution in [0.4, 0.5) is 0 Å². The Morgan fingerprint density at radius 1 is 1.03 bits per heavy atom. The Bertz CT molecular complexity index is 1370. The summed E-state index contributed by atoms with van der Waals surface area (Å²) >= 11 is 0. The lowest BCUT2D eigenvalue weighted by Gasteiger charge is -2.19. The van der Waals surface area contributed by atoms with Crippen molar-refractivity contribution in [2.45, 2.75) is 43.8 Å². The predicted octanol–water partition coefficient (Wildman–Crippen LogP) is 4.13. The highest BCUT2D eigenvalue weighted by Crippen LogP contribution is 2.26. The van der Waals surface area contributed by atoms with E-state index in [2.05, 4.69) is 25.9 Å². The summed E-state index contributed by atoms with van der Waals surface area (Å²) in [5.74, 6) is -0.176. The highest BCUT2D eigenvalue weighted by molar-refractivity contribution is 7.90. The van der Waals surface area contributed by atoms with Crippen LogP contribution in [0.1, 0.15) is 37.7 Å². The lowest BCUT2D eigenvalue weighted by atomic mass is 9.87. The molecule has 0 saturated heterocycles. The van der Waals surface area contributed by atoms with E-state index in [4.69, 9.17) is 0 Å². The van der Waals surface area contributed by atoms with Crippen LogP contribution in [0.3, 0.4) is 0 Å². The molecule has 160 valence electrons. The molecule has 4 aromatic rings. The average Bonchev–Trinajstić information content (AvgIpc) is 3.06. The van der Waals surface area contributed by atoms with Crippen molar-refractivity contribution in [3.63, 3.8) is 0 Å². The molecule has 0 aliphatic heterocycles. The van der Waals surface area contributed by atoms with Gasteiger partial charge >= 0.3 is 0 Å². The van der Waals surface area contributed by atoms with E-state index < -0.39 is 9.84 Å². The molecule has 0 atom stereocenters. The van der Waals surface area contributed by atoms with Crippen LogP contribution in [0.15, 0.2) is 71.8 Å². The molecule has 7 heteroatoms. The molecule has 0 fully saturated rings. The van der Waals surface area contributed by atoms with Crippen molar-refractivity contribution in [3.8, 4) is 5.69 Å². The number of hydrogen-bond acceptors (Lipinski definition) is 4. The van der Waals surface area contributed by atoms with E-state index in [0.717, 1.165) is 21.4 Å². The second-order valence-corrected chi connectivity index (χ2v) is 10.8. The van der Waals surface area contributed by atoms with Crippen LogP contribution in [0.2, 0.25) is 0 Å². The number of sulfone groups is 1. The van der Waals surface area contributed by atoms with E-state index in [0.29, 0.717) is 16.9 Å². The average molecular weight is 437 g/mol. The summed E-state index contributed by atoms with van der Waals surface area (Å²) in [6.07, 6.45) is 1.55. The fraction of sp³-hybridized carbons (Fsp3) is 0.250. The number of rotatable bonds is 4. The van der Waals surface area contributed by atoms with Gasteiger partial charge in [-0.2, -0.15) is 5.10 Å². The molecule has 2 aromatic heterocycles. The zero-order valence-electron chi connectivity index (χ0n) is 18.1. The lowest BCUT2D eigenvalue weighted by molar-refractivity contribution is -0.884. The molecule has 1 N–H and O–H groups in total. The Labute approximate surface area is 182 Å². The lowest BCUT2D eigenvalue weighted by Crippen LogP contribution is -2.30. The van der Waals surface area contributed by atoms with Crippen molar-refractivity contribution < 1.29 is 18.4 Å². The molecule has 6 nitrogen and oxygen atoms in total. The summed E-state index contributed by atoms with van der Waals surface area (Å²) in [5, 5.41) is 15.4. The van der Waals surface area contributed by atoms with E-state index in [1.807, 2.05) is 37.3 Å². The van der Waals surface area contributed by atoms with Crippen LogP contribution in [0, 0.1) is 6.92 Å². The van der Waals surface area contributed by atoms with Gasteiger partial charge in [-0.25, -0.2) is 13.1 Å². The molecule has 2 heterocycles. The van der Waals surface area contributed by atoms with Gasteiger partial charge in [-0.3, -0.25) is 5.21 Å². The minimum Gasteiger partial charge on any atom is -0.285 e. The van der Waals surface area contributed by atoms with E-state index in [1.54, 1.807) is 41.2 Å². The standard InChI is InChI=1S/C24H26N3O3S/c1-17-15-19(16-31(29,30)20-12-10-18(11-13-20)24(2,3)4)27(25-17)23-9-5-8-22-21(23)7-6-14-26(22)28/h5-15,28H,16H2,1-4H3/q+1. The van der Waals surface area contributed by atoms with Gasteiger partial charge in [0.15, 0.2) is 9.84 Å². The van der Waals surface area contributed by atoms with E-state index in [9.17, 15) is 13.6 Å². The van der Waals surface area contributed by atoms with Crippen LogP contribution in [-0.2, 0) is 21.0 Å². The van der Waals surface area contributed by atoms with Crippen LogP contribution < -0.4 is 4.73 Å². The number of aryl methyl sites for hydroxylation is 1. The molecule has 31 heavy (non-hydrogen) atoms. The fourth-order valence-corrected chi connectivity index (χ4v) is 5.01. The second kappa shape index (κ2) is 7.50. The van der Waals surface area contributed by atoms with Gasteiger partial charge in [-0.05, 0) is 48.2 Å². The molecule has 4 rings (SSSR count). The number of pyridine rings is 1. The third-order valence-electron chi connectivity index (χ3n) is 5.35. The van der Waals surface area contributed by atoms with Gasteiger partial charge in [0.2, 0.25) is 6.20 Å². The minimum absolute atomic E-state index is 0.0457. The molecule has 0 amide bonds. The van der Waals surface area contributed by atoms with Crippen molar-refractivity contribution in [1.82, 2.24) is 9.78 Å². The van der Waals surface area contributed by atoms with Crippen molar-refractivity contribution in [2.75, 3.05) is 0 Å². The first kappa shape index (κ1) is 21.1. The third kappa shape index (κ3) is 4.05. The van der Waals surface area contributed by atoms with Crippen LogP contribution in [0.5, 0.6) is 0 Å². The van der Waals surface area contributed by atoms with E-state index in [1.165, 1.54) is 0 Å². The van der Waals surface area contributed by atoms with E-state index in [-0.39, 0.29) is 16.1 Å². The topological polar surface area (TPSA) is 76.1 Å².